The number of hydrogen-bond donors (Lipinski definition) is 1. The predicted octanol–water partition coefficient (Wildman–Crippen LogP) is 5.53. The molecule has 220 valence electrons. The largest absolute Gasteiger partial charge is 0.481 e. The summed E-state index contributed by atoms with van der Waals surface area (Å²) >= 11 is 1.48. The number of nitrogens with zero attached hydrogens (tertiary/aromatic N) is 4. The van der Waals surface area contributed by atoms with Gasteiger partial charge in [-0.25, -0.2) is 14.2 Å². The number of thiazole rings is 1. The second kappa shape index (κ2) is 13.8. The van der Waals surface area contributed by atoms with Gasteiger partial charge in [0.1, 0.15) is 11.4 Å². The minimum absolute atomic E-state index is 0.0568. The lowest BCUT2D eigenvalue weighted by molar-refractivity contribution is -0.137. The third-order valence-corrected chi connectivity index (χ3v) is 7.31. The zero-order valence-electron chi connectivity index (χ0n) is 23.7. The molecule has 1 aliphatic rings. The van der Waals surface area contributed by atoms with E-state index in [2.05, 4.69) is 33.7 Å². The lowest BCUT2D eigenvalue weighted by Gasteiger charge is -2.29. The first-order chi connectivity index (χ1) is 19.6. The SMILES string of the molecule is CC(C)(C)OC(=O)N(CCCn1c(-c2ccc(N3CCOCC3)cc2)csc1=Nc1ccc(F)cc1)CCC(=O)O. The molecule has 41 heavy (non-hydrogen) atoms. The zero-order chi connectivity index (χ0) is 29.4. The first-order valence-corrected chi connectivity index (χ1v) is 14.6. The zero-order valence-corrected chi connectivity index (χ0v) is 24.5. The van der Waals surface area contributed by atoms with E-state index >= 15 is 0 Å². The molecule has 3 aromatic rings. The Kier molecular flexibility index (Phi) is 10.2. The second-order valence-corrected chi connectivity index (χ2v) is 11.6. The van der Waals surface area contributed by atoms with Crippen molar-refractivity contribution in [2.24, 2.45) is 4.99 Å². The van der Waals surface area contributed by atoms with Gasteiger partial charge < -0.3 is 28.9 Å². The average Bonchev–Trinajstić information content (AvgIpc) is 3.33. The van der Waals surface area contributed by atoms with Crippen molar-refractivity contribution >= 4 is 34.8 Å². The third-order valence-electron chi connectivity index (χ3n) is 6.45. The third kappa shape index (κ3) is 8.89. The normalized spacial score (nSPS) is 14.2. The predicted molar refractivity (Wildman–Crippen MR) is 157 cm³/mol. The number of hydrogen-bond acceptors (Lipinski definition) is 7. The highest BCUT2D eigenvalue weighted by Gasteiger charge is 2.23. The average molecular weight is 585 g/mol. The van der Waals surface area contributed by atoms with Crippen LogP contribution in [0.4, 0.5) is 20.6 Å². The van der Waals surface area contributed by atoms with E-state index < -0.39 is 17.7 Å². The summed E-state index contributed by atoms with van der Waals surface area (Å²) in [5.41, 5.74) is 3.07. The van der Waals surface area contributed by atoms with Gasteiger partial charge in [-0.3, -0.25) is 4.79 Å². The Morgan fingerprint density at radius 3 is 2.39 bits per heavy atom. The molecule has 0 saturated carbocycles. The Morgan fingerprint density at radius 2 is 1.76 bits per heavy atom. The Hall–Kier alpha value is -3.70. The molecule has 2 heterocycles. The molecule has 1 saturated heterocycles. The summed E-state index contributed by atoms with van der Waals surface area (Å²) in [6.45, 7) is 9.38. The summed E-state index contributed by atoms with van der Waals surface area (Å²) in [4.78, 5) is 33.3. The van der Waals surface area contributed by atoms with Gasteiger partial charge in [-0.2, -0.15) is 0 Å². The minimum atomic E-state index is -0.978. The molecule has 1 amide bonds. The molecule has 1 aliphatic heterocycles. The number of benzene rings is 2. The van der Waals surface area contributed by atoms with Crippen LogP contribution in [0.5, 0.6) is 0 Å². The van der Waals surface area contributed by atoms with E-state index in [0.29, 0.717) is 38.4 Å². The molecule has 11 heteroatoms. The molecule has 0 atom stereocenters. The van der Waals surface area contributed by atoms with Gasteiger partial charge in [-0.05, 0) is 69.2 Å². The molecule has 2 aromatic carbocycles. The van der Waals surface area contributed by atoms with Crippen LogP contribution in [0.3, 0.4) is 0 Å². The summed E-state index contributed by atoms with van der Waals surface area (Å²) in [7, 11) is 0. The van der Waals surface area contributed by atoms with Gasteiger partial charge in [0.05, 0.1) is 31.0 Å². The Morgan fingerprint density at radius 1 is 1.07 bits per heavy atom. The maximum absolute atomic E-state index is 13.5. The van der Waals surface area contributed by atoms with Crippen LogP contribution in [-0.4, -0.2) is 71.6 Å². The molecule has 9 nitrogen and oxygen atoms in total. The van der Waals surface area contributed by atoms with E-state index in [9.17, 15) is 19.1 Å². The minimum Gasteiger partial charge on any atom is -0.481 e. The van der Waals surface area contributed by atoms with E-state index in [1.807, 2.05) is 5.38 Å². The molecule has 0 bridgehead atoms. The fourth-order valence-corrected chi connectivity index (χ4v) is 5.38. The second-order valence-electron chi connectivity index (χ2n) is 10.8. The van der Waals surface area contributed by atoms with Gasteiger partial charge in [-0.15, -0.1) is 11.3 Å². The van der Waals surface area contributed by atoms with E-state index in [0.717, 1.165) is 34.8 Å². The standard InChI is InChI=1S/C30H37FN4O5S/c1-30(2,3)40-29(38)34(16-13-27(36)37)14-4-15-35-26(21-41-28(35)32-24-9-7-23(31)8-10-24)22-5-11-25(12-6-22)33-17-19-39-20-18-33/h5-12,21H,4,13-20H2,1-3H3,(H,36,37). The number of carbonyl (C=O) groups excluding carboxylic acids is 1. The van der Waals surface area contributed by atoms with Crippen LogP contribution in [0.2, 0.25) is 0 Å². The van der Waals surface area contributed by atoms with Crippen LogP contribution >= 0.6 is 11.3 Å². The van der Waals surface area contributed by atoms with Gasteiger partial charge in [0.15, 0.2) is 4.80 Å². The van der Waals surface area contributed by atoms with Crippen LogP contribution in [0.15, 0.2) is 58.9 Å². The molecular formula is C30H37FN4O5S. The van der Waals surface area contributed by atoms with Gasteiger partial charge in [0.2, 0.25) is 0 Å². The summed E-state index contributed by atoms with van der Waals surface area (Å²) in [5, 5.41) is 11.2. The van der Waals surface area contributed by atoms with Crippen LogP contribution in [0, 0.1) is 5.82 Å². The van der Waals surface area contributed by atoms with Crippen LogP contribution in [0.25, 0.3) is 11.3 Å². The first kappa shape index (κ1) is 30.3. The summed E-state index contributed by atoms with van der Waals surface area (Å²) in [5.74, 6) is -1.30. The molecule has 1 aromatic heterocycles. The maximum Gasteiger partial charge on any atom is 0.410 e. The van der Waals surface area contributed by atoms with Crippen molar-refractivity contribution in [1.29, 1.82) is 0 Å². The Bertz CT molecular complexity index is 1370. The summed E-state index contributed by atoms with van der Waals surface area (Å²) in [6.07, 6.45) is -0.161. The lowest BCUT2D eigenvalue weighted by atomic mass is 10.1. The molecule has 1 fully saturated rings. The fraction of sp³-hybridized carbons (Fsp3) is 0.433. The lowest BCUT2D eigenvalue weighted by Crippen LogP contribution is -2.39. The van der Waals surface area contributed by atoms with Crippen molar-refractivity contribution in [2.75, 3.05) is 44.3 Å². The number of morpholine rings is 1. The topological polar surface area (TPSA) is 96.6 Å². The highest BCUT2D eigenvalue weighted by molar-refractivity contribution is 7.07. The number of rotatable bonds is 10. The number of ether oxygens (including phenoxy) is 2. The number of carboxylic acids is 1. The molecule has 0 spiro atoms. The van der Waals surface area contributed by atoms with Gasteiger partial charge in [0, 0.05) is 43.8 Å². The van der Waals surface area contributed by atoms with Gasteiger partial charge in [0.25, 0.3) is 0 Å². The summed E-state index contributed by atoms with van der Waals surface area (Å²) < 4.78 is 26.6. The van der Waals surface area contributed by atoms with Gasteiger partial charge >= 0.3 is 12.1 Å². The Labute approximate surface area is 243 Å². The van der Waals surface area contributed by atoms with E-state index in [1.165, 1.54) is 28.4 Å². The maximum atomic E-state index is 13.5. The quantitative estimate of drug-likeness (QED) is 0.337. The Balaban J connectivity index is 1.59. The van der Waals surface area contributed by atoms with Gasteiger partial charge in [-0.1, -0.05) is 12.1 Å². The molecule has 0 unspecified atom stereocenters. The number of aromatic nitrogens is 1. The number of halogens is 1. The molecule has 0 aliphatic carbocycles. The van der Waals surface area contributed by atoms with Crippen molar-refractivity contribution < 1.29 is 28.6 Å². The number of carboxylic acid groups (broad SMARTS) is 1. The van der Waals surface area contributed by atoms with Crippen molar-refractivity contribution in [3.8, 4) is 11.3 Å². The summed E-state index contributed by atoms with van der Waals surface area (Å²) in [6, 6.07) is 14.4. The number of anilines is 1. The van der Waals surface area contributed by atoms with Crippen molar-refractivity contribution in [1.82, 2.24) is 9.47 Å². The molecular weight excluding hydrogens is 547 g/mol. The van der Waals surface area contributed by atoms with E-state index in [4.69, 9.17) is 14.5 Å². The van der Waals surface area contributed by atoms with Crippen molar-refractivity contribution in [2.45, 2.75) is 45.8 Å². The molecule has 1 N–H and O–H groups in total. The monoisotopic (exact) mass is 584 g/mol. The smallest absolute Gasteiger partial charge is 0.410 e. The molecule has 0 radical (unpaired) electrons. The number of carbonyl (C=O) groups is 2. The first-order valence-electron chi connectivity index (χ1n) is 13.7. The van der Waals surface area contributed by atoms with Crippen molar-refractivity contribution in [3.63, 3.8) is 0 Å². The van der Waals surface area contributed by atoms with Crippen molar-refractivity contribution in [3.05, 3.63) is 64.5 Å². The number of amides is 1. The number of aliphatic carboxylic acids is 1. The fourth-order valence-electron chi connectivity index (χ4n) is 4.43. The van der Waals surface area contributed by atoms with E-state index in [1.54, 1.807) is 32.9 Å². The van der Waals surface area contributed by atoms with Crippen LogP contribution in [-0.2, 0) is 20.8 Å². The van der Waals surface area contributed by atoms with E-state index in [-0.39, 0.29) is 18.8 Å². The molecule has 4 rings (SSSR count). The highest BCUT2D eigenvalue weighted by Crippen LogP contribution is 2.25. The van der Waals surface area contributed by atoms with Crippen LogP contribution in [0.1, 0.15) is 33.6 Å². The highest BCUT2D eigenvalue weighted by atomic mass is 32.1. The van der Waals surface area contributed by atoms with Crippen LogP contribution < -0.4 is 9.70 Å².